The lowest BCUT2D eigenvalue weighted by molar-refractivity contribution is 0.0473. The van der Waals surface area contributed by atoms with Crippen LogP contribution in [0.4, 0.5) is 5.69 Å². The van der Waals surface area contributed by atoms with Crippen LogP contribution in [0.3, 0.4) is 0 Å². The summed E-state index contributed by atoms with van der Waals surface area (Å²) in [6.45, 7) is 6.07. The fraction of sp³-hybridized carbons (Fsp3) is 0.350. The second-order valence-electron chi connectivity index (χ2n) is 6.15. The molecule has 2 rings (SSSR count). The third-order valence-electron chi connectivity index (χ3n) is 4.05. The van der Waals surface area contributed by atoms with Crippen LogP contribution in [-0.4, -0.2) is 33.7 Å². The number of hydrogen-bond acceptors (Lipinski definition) is 5. The van der Waals surface area contributed by atoms with Gasteiger partial charge < -0.3 is 9.64 Å². The molecule has 6 heteroatoms. The van der Waals surface area contributed by atoms with E-state index in [1.54, 1.807) is 24.3 Å². The molecule has 0 saturated carbocycles. The Hall–Kier alpha value is -2.34. The van der Waals surface area contributed by atoms with Crippen molar-refractivity contribution >= 4 is 21.5 Å². The molecule has 26 heavy (non-hydrogen) atoms. The van der Waals surface area contributed by atoms with Gasteiger partial charge in [0.25, 0.3) is 0 Å². The van der Waals surface area contributed by atoms with Gasteiger partial charge in [-0.25, -0.2) is 13.2 Å². The van der Waals surface area contributed by atoms with Crippen molar-refractivity contribution in [2.75, 3.05) is 24.2 Å². The zero-order chi connectivity index (χ0) is 19.2. The Morgan fingerprint density at radius 2 is 1.73 bits per heavy atom. The first-order valence-corrected chi connectivity index (χ1v) is 10.7. The topological polar surface area (TPSA) is 63.7 Å². The monoisotopic (exact) mass is 375 g/mol. The minimum atomic E-state index is -3.15. The van der Waals surface area contributed by atoms with E-state index in [-0.39, 0.29) is 12.4 Å². The second kappa shape index (κ2) is 8.85. The summed E-state index contributed by atoms with van der Waals surface area (Å²) in [5, 5.41) is 0. The summed E-state index contributed by atoms with van der Waals surface area (Å²) in [6.07, 6.45) is 1.17. The molecule has 0 amide bonds. The summed E-state index contributed by atoms with van der Waals surface area (Å²) in [5.41, 5.74) is 2.92. The molecule has 0 spiro atoms. The van der Waals surface area contributed by atoms with Gasteiger partial charge in [0.15, 0.2) is 9.84 Å². The Labute approximate surface area is 155 Å². The number of esters is 1. The number of sulfone groups is 1. The van der Waals surface area contributed by atoms with E-state index >= 15 is 0 Å². The van der Waals surface area contributed by atoms with E-state index < -0.39 is 15.8 Å². The molecule has 0 unspecified atom stereocenters. The fourth-order valence-corrected chi connectivity index (χ4v) is 3.61. The summed E-state index contributed by atoms with van der Waals surface area (Å²) in [6, 6.07) is 14.4. The molecular formula is C20H25NO4S. The highest BCUT2D eigenvalue weighted by molar-refractivity contribution is 7.89. The van der Waals surface area contributed by atoms with Crippen LogP contribution in [0, 0.1) is 0 Å². The Bertz CT molecular complexity index is 858. The molecule has 2 aromatic carbocycles. The van der Waals surface area contributed by atoms with E-state index in [4.69, 9.17) is 4.74 Å². The van der Waals surface area contributed by atoms with Gasteiger partial charge in [-0.2, -0.15) is 0 Å². The Morgan fingerprint density at radius 1 is 1.04 bits per heavy atom. The molecule has 5 nitrogen and oxygen atoms in total. The molecule has 0 aliphatic carbocycles. The number of ether oxygens (including phenoxy) is 1. The van der Waals surface area contributed by atoms with E-state index in [0.717, 1.165) is 24.3 Å². The van der Waals surface area contributed by atoms with Crippen molar-refractivity contribution in [1.82, 2.24) is 0 Å². The summed E-state index contributed by atoms with van der Waals surface area (Å²) >= 11 is 0. The molecule has 0 aliphatic rings. The lowest BCUT2D eigenvalue weighted by atomic mass is 10.1. The highest BCUT2D eigenvalue weighted by Crippen LogP contribution is 2.21. The average Bonchev–Trinajstić information content (AvgIpc) is 2.60. The average molecular weight is 375 g/mol. The van der Waals surface area contributed by atoms with E-state index in [9.17, 15) is 13.2 Å². The first-order valence-electron chi connectivity index (χ1n) is 8.60. The highest BCUT2D eigenvalue weighted by atomic mass is 32.2. The van der Waals surface area contributed by atoms with Crippen molar-refractivity contribution < 1.29 is 17.9 Å². The molecule has 2 aromatic rings. The summed E-state index contributed by atoms with van der Waals surface area (Å²) in [5.74, 6) is -0.562. The number of carbonyl (C=O) groups is 1. The van der Waals surface area contributed by atoms with Gasteiger partial charge in [0.05, 0.1) is 11.3 Å². The van der Waals surface area contributed by atoms with Crippen molar-refractivity contribution in [3.63, 3.8) is 0 Å². The predicted molar refractivity (Wildman–Crippen MR) is 104 cm³/mol. The van der Waals surface area contributed by atoms with E-state index in [0.29, 0.717) is 11.1 Å². The minimum absolute atomic E-state index is 0.0983. The van der Waals surface area contributed by atoms with E-state index in [1.165, 1.54) is 6.26 Å². The third-order valence-corrected chi connectivity index (χ3v) is 4.90. The van der Waals surface area contributed by atoms with Gasteiger partial charge in [-0.15, -0.1) is 0 Å². The summed E-state index contributed by atoms with van der Waals surface area (Å²) in [7, 11) is -3.15. The first kappa shape index (κ1) is 20.0. The van der Waals surface area contributed by atoms with E-state index in [1.807, 2.05) is 24.3 Å². The first-order chi connectivity index (χ1) is 12.3. The normalized spacial score (nSPS) is 11.2. The molecule has 0 fully saturated rings. The van der Waals surface area contributed by atoms with Gasteiger partial charge in [0.2, 0.25) is 0 Å². The number of rotatable bonds is 8. The van der Waals surface area contributed by atoms with Crippen LogP contribution in [0.25, 0.3) is 0 Å². The summed E-state index contributed by atoms with van der Waals surface area (Å²) < 4.78 is 28.3. The SMILES string of the molecule is CCN(CC)c1ccccc1COC(=O)c1cccc(CS(C)(=O)=O)c1. The Balaban J connectivity index is 2.11. The van der Waals surface area contributed by atoms with Crippen LogP contribution in [0.5, 0.6) is 0 Å². The van der Waals surface area contributed by atoms with Gasteiger partial charge in [0, 0.05) is 30.6 Å². The zero-order valence-electron chi connectivity index (χ0n) is 15.4. The van der Waals surface area contributed by atoms with Crippen LogP contribution in [0.1, 0.15) is 35.3 Å². The van der Waals surface area contributed by atoms with Crippen molar-refractivity contribution in [3.05, 3.63) is 65.2 Å². The van der Waals surface area contributed by atoms with Gasteiger partial charge >= 0.3 is 5.97 Å². The molecule has 0 radical (unpaired) electrons. The number of anilines is 1. The molecule has 0 N–H and O–H groups in total. The van der Waals surface area contributed by atoms with Crippen LogP contribution in [0.15, 0.2) is 48.5 Å². The predicted octanol–water partition coefficient (Wildman–Crippen LogP) is 3.43. The van der Waals surface area contributed by atoms with E-state index in [2.05, 4.69) is 18.7 Å². The summed E-state index contributed by atoms with van der Waals surface area (Å²) in [4.78, 5) is 14.6. The standard InChI is InChI=1S/C20H25NO4S/c1-4-21(5-2)19-12-7-6-10-18(19)14-25-20(22)17-11-8-9-16(13-17)15-26(3,23)24/h6-13H,4-5,14-15H2,1-3H3. The second-order valence-corrected chi connectivity index (χ2v) is 8.29. The van der Waals surface area contributed by atoms with Crippen molar-refractivity contribution in [2.45, 2.75) is 26.2 Å². The van der Waals surface area contributed by atoms with Crippen molar-refractivity contribution in [3.8, 4) is 0 Å². The number of carbonyl (C=O) groups excluding carboxylic acids is 1. The maximum atomic E-state index is 12.4. The number of nitrogens with zero attached hydrogens (tertiary/aromatic N) is 1. The van der Waals surface area contributed by atoms with Crippen molar-refractivity contribution in [2.24, 2.45) is 0 Å². The molecule has 0 aliphatic heterocycles. The van der Waals surface area contributed by atoms with Crippen LogP contribution in [-0.2, 0) is 26.9 Å². The fourth-order valence-electron chi connectivity index (χ4n) is 2.82. The molecule has 0 atom stereocenters. The van der Waals surface area contributed by atoms with Gasteiger partial charge in [-0.05, 0) is 37.6 Å². The number of benzene rings is 2. The molecular weight excluding hydrogens is 350 g/mol. The Morgan fingerprint density at radius 3 is 2.38 bits per heavy atom. The number of para-hydroxylation sites is 1. The largest absolute Gasteiger partial charge is 0.457 e. The number of hydrogen-bond donors (Lipinski definition) is 0. The zero-order valence-corrected chi connectivity index (χ0v) is 16.3. The maximum absolute atomic E-state index is 12.4. The molecule has 0 heterocycles. The smallest absolute Gasteiger partial charge is 0.338 e. The molecule has 0 aromatic heterocycles. The highest BCUT2D eigenvalue weighted by Gasteiger charge is 2.13. The minimum Gasteiger partial charge on any atom is -0.457 e. The molecule has 140 valence electrons. The van der Waals surface area contributed by atoms with Crippen molar-refractivity contribution in [1.29, 1.82) is 0 Å². The van der Waals surface area contributed by atoms with Crippen LogP contribution >= 0.6 is 0 Å². The molecule has 0 bridgehead atoms. The Kier molecular flexibility index (Phi) is 6.80. The third kappa shape index (κ3) is 5.59. The van der Waals surface area contributed by atoms with Crippen LogP contribution < -0.4 is 4.90 Å². The van der Waals surface area contributed by atoms with Gasteiger partial charge in [-0.3, -0.25) is 0 Å². The molecule has 0 saturated heterocycles. The lowest BCUT2D eigenvalue weighted by Crippen LogP contribution is -2.23. The van der Waals surface area contributed by atoms with Crippen LogP contribution in [0.2, 0.25) is 0 Å². The lowest BCUT2D eigenvalue weighted by Gasteiger charge is -2.24. The van der Waals surface area contributed by atoms with Gasteiger partial charge in [-0.1, -0.05) is 30.3 Å². The van der Waals surface area contributed by atoms with Gasteiger partial charge in [0.1, 0.15) is 6.61 Å². The maximum Gasteiger partial charge on any atom is 0.338 e. The quantitative estimate of drug-likeness (QED) is 0.662.